The minimum absolute atomic E-state index is 0.0772. The minimum atomic E-state index is -0.753. The molecule has 1 rings (SSSR count). The number of hydrogen-bond donors (Lipinski definition) is 1. The quantitative estimate of drug-likeness (QED) is 0.688. The number of halogens is 1. The monoisotopic (exact) mass is 307 g/mol. The average Bonchev–Trinajstić information content (AvgIpc) is 2.36. The van der Waals surface area contributed by atoms with Crippen molar-refractivity contribution < 1.29 is 23.5 Å². The summed E-state index contributed by atoms with van der Waals surface area (Å²) in [5, 5.41) is 2.35. The van der Waals surface area contributed by atoms with Crippen LogP contribution in [-0.2, 0) is 14.3 Å². The zero-order chi connectivity index (χ0) is 16.6. The highest BCUT2D eigenvalue weighted by Crippen LogP contribution is 2.09. The number of hydrogen-bond acceptors (Lipinski definition) is 4. The molecule has 22 heavy (non-hydrogen) atoms. The fraction of sp³-hybridized carbons (Fsp3) is 0.375. The number of rotatable bonds is 3. The predicted octanol–water partition coefficient (Wildman–Crippen LogP) is 3.11. The fourth-order valence-corrected chi connectivity index (χ4v) is 1.39. The molecular weight excluding hydrogens is 289 g/mol. The van der Waals surface area contributed by atoms with Crippen molar-refractivity contribution in [2.45, 2.75) is 32.8 Å². The van der Waals surface area contributed by atoms with Crippen molar-refractivity contribution in [3.63, 3.8) is 0 Å². The first-order chi connectivity index (χ1) is 10.3. The minimum Gasteiger partial charge on any atom is -0.459 e. The third-order valence-electron chi connectivity index (χ3n) is 2.12. The molecule has 0 saturated heterocycles. The van der Waals surface area contributed by atoms with Gasteiger partial charge in [-0.15, -0.1) is 0 Å². The summed E-state index contributed by atoms with van der Waals surface area (Å²) in [6, 6.07) is 5.41. The van der Waals surface area contributed by atoms with Gasteiger partial charge in [0.15, 0.2) is 6.61 Å². The van der Waals surface area contributed by atoms with Gasteiger partial charge in [0.2, 0.25) is 0 Å². The molecule has 118 valence electrons. The van der Waals surface area contributed by atoms with Crippen LogP contribution >= 0.6 is 0 Å². The Morgan fingerprint density at radius 2 is 2.00 bits per heavy atom. The van der Waals surface area contributed by atoms with Gasteiger partial charge >= 0.3 is 12.1 Å². The van der Waals surface area contributed by atoms with Crippen LogP contribution in [0.5, 0.6) is 0 Å². The van der Waals surface area contributed by atoms with Crippen molar-refractivity contribution in [2.75, 3.05) is 11.9 Å². The first-order valence-electron chi connectivity index (χ1n) is 6.63. The molecule has 0 unspecified atom stereocenters. The topological polar surface area (TPSA) is 64.6 Å². The van der Waals surface area contributed by atoms with Crippen LogP contribution in [0.4, 0.5) is 14.9 Å². The number of ether oxygens (including phenoxy) is 2. The molecule has 6 heteroatoms. The summed E-state index contributed by atoms with van der Waals surface area (Å²) in [5.41, 5.74) is -0.271. The highest BCUT2D eigenvalue weighted by Gasteiger charge is 2.14. The Labute approximate surface area is 128 Å². The Balaban J connectivity index is 2.28. The highest BCUT2D eigenvalue weighted by atomic mass is 19.1. The summed E-state index contributed by atoms with van der Waals surface area (Å²) >= 11 is 0. The predicted molar refractivity (Wildman–Crippen MR) is 79.6 cm³/mol. The van der Waals surface area contributed by atoms with Gasteiger partial charge in [-0.05, 0) is 39.0 Å². The van der Waals surface area contributed by atoms with Crippen molar-refractivity contribution >= 4 is 17.7 Å². The Kier molecular flexibility index (Phi) is 6.39. The summed E-state index contributed by atoms with van der Waals surface area (Å²) in [7, 11) is 0. The van der Waals surface area contributed by atoms with E-state index in [4.69, 9.17) is 9.47 Å². The van der Waals surface area contributed by atoms with Gasteiger partial charge < -0.3 is 9.47 Å². The molecule has 0 saturated carbocycles. The van der Waals surface area contributed by atoms with Gasteiger partial charge in [0, 0.05) is 5.69 Å². The summed E-state index contributed by atoms with van der Waals surface area (Å²) < 4.78 is 22.7. The molecule has 0 aromatic heterocycles. The standard InChI is InChI=1S/C16H18FNO4/c1-16(2,3)22-14(19)9-4-5-10-21-15(20)18-13-8-6-7-12(17)11-13/h6-8,11H,9-10H2,1-3H3,(H,18,20). The van der Waals surface area contributed by atoms with E-state index in [1.807, 2.05) is 0 Å². The largest absolute Gasteiger partial charge is 0.459 e. The van der Waals surface area contributed by atoms with Crippen LogP contribution in [0, 0.1) is 17.7 Å². The van der Waals surface area contributed by atoms with Crippen LogP contribution in [0.2, 0.25) is 0 Å². The summed E-state index contributed by atoms with van der Waals surface area (Å²) in [6.45, 7) is 5.11. The smallest absolute Gasteiger partial charge is 0.412 e. The van der Waals surface area contributed by atoms with Gasteiger partial charge in [0.25, 0.3) is 0 Å². The third-order valence-corrected chi connectivity index (χ3v) is 2.12. The van der Waals surface area contributed by atoms with Crippen molar-refractivity contribution in [3.8, 4) is 11.8 Å². The van der Waals surface area contributed by atoms with Gasteiger partial charge in [-0.3, -0.25) is 10.1 Å². The van der Waals surface area contributed by atoms with Gasteiger partial charge in [-0.25, -0.2) is 9.18 Å². The van der Waals surface area contributed by atoms with Crippen LogP contribution in [-0.4, -0.2) is 24.3 Å². The number of carbonyl (C=O) groups is 2. The number of amides is 1. The number of anilines is 1. The van der Waals surface area contributed by atoms with Crippen LogP contribution in [0.3, 0.4) is 0 Å². The maximum Gasteiger partial charge on any atom is 0.412 e. The molecule has 1 aromatic carbocycles. The van der Waals surface area contributed by atoms with E-state index in [0.29, 0.717) is 0 Å². The summed E-state index contributed by atoms with van der Waals surface area (Å²) in [6.07, 6.45) is -0.830. The van der Waals surface area contributed by atoms with E-state index < -0.39 is 23.5 Å². The van der Waals surface area contributed by atoms with Gasteiger partial charge in [0.1, 0.15) is 17.8 Å². The fourth-order valence-electron chi connectivity index (χ4n) is 1.39. The Morgan fingerprint density at radius 3 is 2.64 bits per heavy atom. The molecule has 0 aliphatic heterocycles. The molecule has 0 bridgehead atoms. The van der Waals surface area contributed by atoms with Crippen LogP contribution < -0.4 is 5.32 Å². The van der Waals surface area contributed by atoms with Crippen LogP contribution in [0.15, 0.2) is 24.3 Å². The summed E-state index contributed by atoms with van der Waals surface area (Å²) in [5.74, 6) is 4.17. The molecule has 1 aromatic rings. The molecule has 0 fully saturated rings. The lowest BCUT2D eigenvalue weighted by Gasteiger charge is -2.18. The number of carbonyl (C=O) groups excluding carboxylic acids is 2. The van der Waals surface area contributed by atoms with Crippen molar-refractivity contribution in [2.24, 2.45) is 0 Å². The molecule has 1 amide bonds. The third kappa shape index (κ3) is 7.90. The molecular formula is C16H18FNO4. The van der Waals surface area contributed by atoms with E-state index in [1.54, 1.807) is 20.8 Å². The van der Waals surface area contributed by atoms with Crippen molar-refractivity contribution in [3.05, 3.63) is 30.1 Å². The molecule has 0 atom stereocenters. The van der Waals surface area contributed by atoms with Gasteiger partial charge in [-0.1, -0.05) is 17.9 Å². The van der Waals surface area contributed by atoms with E-state index in [2.05, 4.69) is 17.2 Å². The van der Waals surface area contributed by atoms with E-state index in [1.165, 1.54) is 18.2 Å². The maximum absolute atomic E-state index is 12.9. The molecule has 5 nitrogen and oxygen atoms in total. The Bertz CT molecular complexity index is 596. The number of benzene rings is 1. The molecule has 1 N–H and O–H groups in total. The van der Waals surface area contributed by atoms with E-state index >= 15 is 0 Å². The van der Waals surface area contributed by atoms with E-state index in [9.17, 15) is 14.0 Å². The van der Waals surface area contributed by atoms with Crippen molar-refractivity contribution in [1.29, 1.82) is 0 Å². The molecule has 0 aliphatic carbocycles. The lowest BCUT2D eigenvalue weighted by molar-refractivity contribution is -0.153. The second kappa shape index (κ2) is 8.03. The van der Waals surface area contributed by atoms with E-state index in [0.717, 1.165) is 6.07 Å². The first kappa shape index (κ1) is 17.5. The molecule has 0 spiro atoms. The normalized spacial score (nSPS) is 10.2. The molecule has 0 aliphatic rings. The van der Waals surface area contributed by atoms with Gasteiger partial charge in [0.05, 0.1) is 0 Å². The van der Waals surface area contributed by atoms with Gasteiger partial charge in [-0.2, -0.15) is 0 Å². The lowest BCUT2D eigenvalue weighted by atomic mass is 10.2. The number of nitrogens with one attached hydrogen (secondary N) is 1. The second-order valence-electron chi connectivity index (χ2n) is 5.33. The SMILES string of the molecule is CC(C)(C)OC(=O)CC#CCOC(=O)Nc1cccc(F)c1. The van der Waals surface area contributed by atoms with Crippen LogP contribution in [0.25, 0.3) is 0 Å². The Hall–Kier alpha value is -2.55. The maximum atomic E-state index is 12.9. The first-order valence-corrected chi connectivity index (χ1v) is 6.63. The molecule has 0 radical (unpaired) electrons. The Morgan fingerprint density at radius 1 is 1.27 bits per heavy atom. The summed E-state index contributed by atoms with van der Waals surface area (Å²) in [4.78, 5) is 22.7. The lowest BCUT2D eigenvalue weighted by Crippen LogP contribution is -2.23. The zero-order valence-electron chi connectivity index (χ0n) is 12.7. The average molecular weight is 307 g/mol. The van der Waals surface area contributed by atoms with Crippen LogP contribution in [0.1, 0.15) is 27.2 Å². The highest BCUT2D eigenvalue weighted by molar-refractivity contribution is 5.84. The van der Waals surface area contributed by atoms with E-state index in [-0.39, 0.29) is 18.7 Å². The molecule has 0 heterocycles. The second-order valence-corrected chi connectivity index (χ2v) is 5.33. The number of esters is 1. The zero-order valence-corrected chi connectivity index (χ0v) is 12.7. The van der Waals surface area contributed by atoms with Crippen molar-refractivity contribution in [1.82, 2.24) is 0 Å².